The summed E-state index contributed by atoms with van der Waals surface area (Å²) in [7, 11) is 1.78. The molecule has 2 rings (SSSR count). The molecule has 0 bridgehead atoms. The molecular formula is C14H17N3O. The van der Waals surface area contributed by atoms with Gasteiger partial charge in [0, 0.05) is 26.3 Å². The van der Waals surface area contributed by atoms with Gasteiger partial charge >= 0.3 is 0 Å². The molecule has 0 spiro atoms. The maximum absolute atomic E-state index is 12.3. The Hall–Kier alpha value is -2.10. The van der Waals surface area contributed by atoms with Crippen LogP contribution in [0.15, 0.2) is 42.6 Å². The van der Waals surface area contributed by atoms with Crippen LogP contribution in [-0.4, -0.2) is 27.1 Å². The van der Waals surface area contributed by atoms with Gasteiger partial charge in [0.25, 0.3) is 5.91 Å². The Bertz CT molecular complexity index is 519. The van der Waals surface area contributed by atoms with E-state index in [4.69, 9.17) is 0 Å². The standard InChI is InChI=1S/C14H17N3O/c1-3-17(11-12-7-5-4-6-8-12)14(18)13-9-10-15-16(13)2/h4-10H,3,11H2,1-2H3. The number of hydrogen-bond donors (Lipinski definition) is 0. The zero-order chi connectivity index (χ0) is 13.0. The van der Waals surface area contributed by atoms with Gasteiger partial charge in [0.05, 0.1) is 0 Å². The minimum atomic E-state index is 0.0151. The molecule has 4 nitrogen and oxygen atoms in total. The number of aromatic nitrogens is 2. The molecule has 0 saturated carbocycles. The summed E-state index contributed by atoms with van der Waals surface area (Å²) in [6.45, 7) is 3.29. The number of rotatable bonds is 4. The molecular weight excluding hydrogens is 226 g/mol. The predicted molar refractivity (Wildman–Crippen MR) is 70.1 cm³/mol. The zero-order valence-electron chi connectivity index (χ0n) is 10.7. The maximum Gasteiger partial charge on any atom is 0.272 e. The monoisotopic (exact) mass is 243 g/mol. The summed E-state index contributed by atoms with van der Waals surface area (Å²) in [5.41, 5.74) is 1.75. The fourth-order valence-electron chi connectivity index (χ4n) is 1.88. The van der Waals surface area contributed by atoms with E-state index < -0.39 is 0 Å². The molecule has 2 aromatic rings. The predicted octanol–water partition coefficient (Wildman–Crippen LogP) is 2.08. The van der Waals surface area contributed by atoms with Gasteiger partial charge in [0.1, 0.15) is 5.69 Å². The number of carbonyl (C=O) groups is 1. The van der Waals surface area contributed by atoms with Crippen LogP contribution in [0.4, 0.5) is 0 Å². The van der Waals surface area contributed by atoms with E-state index in [1.807, 2.05) is 42.2 Å². The summed E-state index contributed by atoms with van der Waals surface area (Å²) in [4.78, 5) is 14.1. The maximum atomic E-state index is 12.3. The molecule has 1 aromatic carbocycles. The molecule has 0 fully saturated rings. The van der Waals surface area contributed by atoms with E-state index in [9.17, 15) is 4.79 Å². The van der Waals surface area contributed by atoms with Crippen molar-refractivity contribution in [3.05, 3.63) is 53.9 Å². The molecule has 0 aliphatic carbocycles. The van der Waals surface area contributed by atoms with Crippen molar-refractivity contribution in [3.8, 4) is 0 Å². The smallest absolute Gasteiger partial charge is 0.272 e. The molecule has 0 radical (unpaired) electrons. The van der Waals surface area contributed by atoms with Crippen molar-refractivity contribution in [1.29, 1.82) is 0 Å². The van der Waals surface area contributed by atoms with Crippen LogP contribution in [0.5, 0.6) is 0 Å². The Morgan fingerprint density at radius 2 is 2.00 bits per heavy atom. The van der Waals surface area contributed by atoms with Crippen molar-refractivity contribution >= 4 is 5.91 Å². The molecule has 0 atom stereocenters. The Morgan fingerprint density at radius 1 is 1.28 bits per heavy atom. The van der Waals surface area contributed by atoms with E-state index in [0.29, 0.717) is 18.8 Å². The number of nitrogens with zero attached hydrogens (tertiary/aromatic N) is 3. The molecule has 1 aromatic heterocycles. The Kier molecular flexibility index (Phi) is 3.77. The topological polar surface area (TPSA) is 38.1 Å². The van der Waals surface area contributed by atoms with E-state index in [-0.39, 0.29) is 5.91 Å². The summed E-state index contributed by atoms with van der Waals surface area (Å²) < 4.78 is 1.61. The van der Waals surface area contributed by atoms with Crippen LogP contribution in [0.3, 0.4) is 0 Å². The second-order valence-electron chi connectivity index (χ2n) is 4.14. The first-order valence-corrected chi connectivity index (χ1v) is 6.03. The van der Waals surface area contributed by atoms with Crippen LogP contribution >= 0.6 is 0 Å². The molecule has 0 N–H and O–H groups in total. The SMILES string of the molecule is CCN(Cc1ccccc1)C(=O)c1ccnn1C. The summed E-state index contributed by atoms with van der Waals surface area (Å²) >= 11 is 0. The minimum Gasteiger partial charge on any atom is -0.333 e. The van der Waals surface area contributed by atoms with E-state index in [1.54, 1.807) is 24.0 Å². The highest BCUT2D eigenvalue weighted by atomic mass is 16.2. The van der Waals surface area contributed by atoms with Crippen LogP contribution in [0.2, 0.25) is 0 Å². The van der Waals surface area contributed by atoms with Crippen molar-refractivity contribution in [2.75, 3.05) is 6.54 Å². The Balaban J connectivity index is 2.15. The van der Waals surface area contributed by atoms with Crippen molar-refractivity contribution in [1.82, 2.24) is 14.7 Å². The highest BCUT2D eigenvalue weighted by Crippen LogP contribution is 2.09. The molecule has 0 saturated heterocycles. The largest absolute Gasteiger partial charge is 0.333 e. The average Bonchev–Trinajstić information content (AvgIpc) is 2.82. The highest BCUT2D eigenvalue weighted by molar-refractivity contribution is 5.92. The van der Waals surface area contributed by atoms with Crippen molar-refractivity contribution in [2.45, 2.75) is 13.5 Å². The normalized spacial score (nSPS) is 10.3. The number of benzene rings is 1. The van der Waals surface area contributed by atoms with Gasteiger partial charge in [-0.15, -0.1) is 0 Å². The van der Waals surface area contributed by atoms with E-state index in [2.05, 4.69) is 5.10 Å². The summed E-state index contributed by atoms with van der Waals surface area (Å²) in [6.07, 6.45) is 1.64. The molecule has 0 aliphatic rings. The van der Waals surface area contributed by atoms with Crippen LogP contribution in [0.25, 0.3) is 0 Å². The molecule has 4 heteroatoms. The van der Waals surface area contributed by atoms with Gasteiger partial charge in [-0.05, 0) is 18.6 Å². The first-order chi connectivity index (χ1) is 8.72. The molecule has 0 unspecified atom stereocenters. The second kappa shape index (κ2) is 5.49. The lowest BCUT2D eigenvalue weighted by atomic mass is 10.2. The number of hydrogen-bond acceptors (Lipinski definition) is 2. The summed E-state index contributed by atoms with van der Waals surface area (Å²) in [5, 5.41) is 4.03. The molecule has 0 aliphatic heterocycles. The van der Waals surface area contributed by atoms with Crippen LogP contribution in [0.1, 0.15) is 23.0 Å². The minimum absolute atomic E-state index is 0.0151. The number of aryl methyl sites for hydroxylation is 1. The quantitative estimate of drug-likeness (QED) is 0.824. The fourth-order valence-corrected chi connectivity index (χ4v) is 1.88. The first kappa shape index (κ1) is 12.4. The van der Waals surface area contributed by atoms with Crippen molar-refractivity contribution in [2.24, 2.45) is 7.05 Å². The second-order valence-corrected chi connectivity index (χ2v) is 4.14. The van der Waals surface area contributed by atoms with Gasteiger partial charge < -0.3 is 4.90 Å². The van der Waals surface area contributed by atoms with Crippen LogP contribution < -0.4 is 0 Å². The zero-order valence-corrected chi connectivity index (χ0v) is 10.7. The lowest BCUT2D eigenvalue weighted by Crippen LogP contribution is -2.31. The lowest BCUT2D eigenvalue weighted by molar-refractivity contribution is 0.0741. The summed E-state index contributed by atoms with van der Waals surface area (Å²) in [6, 6.07) is 11.7. The van der Waals surface area contributed by atoms with E-state index >= 15 is 0 Å². The average molecular weight is 243 g/mol. The third-order valence-corrected chi connectivity index (χ3v) is 2.93. The first-order valence-electron chi connectivity index (χ1n) is 6.03. The summed E-state index contributed by atoms with van der Waals surface area (Å²) in [5.74, 6) is 0.0151. The van der Waals surface area contributed by atoms with Gasteiger partial charge in [-0.1, -0.05) is 30.3 Å². The third-order valence-electron chi connectivity index (χ3n) is 2.93. The van der Waals surface area contributed by atoms with E-state index in [0.717, 1.165) is 5.56 Å². The molecule has 1 amide bonds. The van der Waals surface area contributed by atoms with Crippen LogP contribution in [0, 0.1) is 0 Å². The van der Waals surface area contributed by atoms with Gasteiger partial charge in [0.15, 0.2) is 0 Å². The highest BCUT2D eigenvalue weighted by Gasteiger charge is 2.17. The van der Waals surface area contributed by atoms with Crippen LogP contribution in [-0.2, 0) is 13.6 Å². The van der Waals surface area contributed by atoms with E-state index in [1.165, 1.54) is 0 Å². The number of amides is 1. The molecule has 1 heterocycles. The fraction of sp³-hybridized carbons (Fsp3) is 0.286. The molecule has 18 heavy (non-hydrogen) atoms. The van der Waals surface area contributed by atoms with Gasteiger partial charge in [0.2, 0.25) is 0 Å². The lowest BCUT2D eigenvalue weighted by Gasteiger charge is -2.20. The van der Waals surface area contributed by atoms with Gasteiger partial charge in [-0.25, -0.2) is 0 Å². The van der Waals surface area contributed by atoms with Crippen molar-refractivity contribution in [3.63, 3.8) is 0 Å². The molecule has 94 valence electrons. The number of carbonyl (C=O) groups excluding carboxylic acids is 1. The Labute approximate surface area is 107 Å². The van der Waals surface area contributed by atoms with Crippen molar-refractivity contribution < 1.29 is 4.79 Å². The Morgan fingerprint density at radius 3 is 2.56 bits per heavy atom. The van der Waals surface area contributed by atoms with Gasteiger partial charge in [-0.2, -0.15) is 5.10 Å². The van der Waals surface area contributed by atoms with Gasteiger partial charge in [-0.3, -0.25) is 9.48 Å². The third kappa shape index (κ3) is 2.59.